The summed E-state index contributed by atoms with van der Waals surface area (Å²) >= 11 is 6.29. The summed E-state index contributed by atoms with van der Waals surface area (Å²) in [4.78, 5) is 19.6. The Hall–Kier alpha value is -2.73. The van der Waals surface area contributed by atoms with Crippen LogP contribution in [0.2, 0.25) is 5.02 Å². The molecule has 3 rings (SSSR count). The number of nitrogens with zero attached hydrogens (tertiary/aromatic N) is 2. The van der Waals surface area contributed by atoms with Crippen molar-refractivity contribution < 1.29 is 19.0 Å². The molecule has 1 N–H and O–H groups in total. The summed E-state index contributed by atoms with van der Waals surface area (Å²) in [6.07, 6.45) is 2.80. The molecule has 7 heteroatoms. The number of carbonyl (C=O) groups is 1. The van der Waals surface area contributed by atoms with Crippen molar-refractivity contribution in [1.29, 1.82) is 0 Å². The van der Waals surface area contributed by atoms with E-state index in [0.29, 0.717) is 16.9 Å². The van der Waals surface area contributed by atoms with Crippen molar-refractivity contribution in [2.75, 3.05) is 7.11 Å². The molecule has 0 aliphatic carbocycles. The van der Waals surface area contributed by atoms with Crippen LogP contribution in [0.1, 0.15) is 15.9 Å². The monoisotopic (exact) mass is 346 g/mol. The van der Waals surface area contributed by atoms with Crippen LogP contribution in [0.4, 0.5) is 4.39 Å². The lowest BCUT2D eigenvalue weighted by Crippen LogP contribution is -2.02. The molecule has 0 spiro atoms. The minimum absolute atomic E-state index is 0.0157. The minimum Gasteiger partial charge on any atom is -0.495 e. The molecule has 0 aliphatic rings. The Labute approximate surface area is 141 Å². The first-order valence-electron chi connectivity index (χ1n) is 6.95. The lowest BCUT2D eigenvalue weighted by molar-refractivity contribution is 0.0699. The fourth-order valence-corrected chi connectivity index (χ4v) is 2.87. The van der Waals surface area contributed by atoms with E-state index in [1.54, 1.807) is 6.92 Å². The maximum atomic E-state index is 14.7. The van der Waals surface area contributed by atoms with Crippen LogP contribution >= 0.6 is 11.6 Å². The van der Waals surface area contributed by atoms with Gasteiger partial charge in [-0.05, 0) is 24.6 Å². The number of hydrogen-bond donors (Lipinski definition) is 1. The minimum atomic E-state index is -1.14. The van der Waals surface area contributed by atoms with Crippen molar-refractivity contribution in [3.63, 3.8) is 0 Å². The van der Waals surface area contributed by atoms with Crippen LogP contribution in [0.25, 0.3) is 22.2 Å². The van der Waals surface area contributed by atoms with Crippen LogP contribution in [-0.2, 0) is 0 Å². The molecular weight excluding hydrogens is 335 g/mol. The number of fused-ring (bicyclic) bond motifs is 1. The Morgan fingerprint density at radius 1 is 1.25 bits per heavy atom. The number of hydrogen-bond acceptors (Lipinski definition) is 4. The van der Waals surface area contributed by atoms with Gasteiger partial charge in [0.2, 0.25) is 0 Å². The van der Waals surface area contributed by atoms with E-state index in [0.717, 1.165) is 0 Å². The Bertz CT molecular complexity index is 976. The van der Waals surface area contributed by atoms with Gasteiger partial charge in [0.15, 0.2) is 0 Å². The van der Waals surface area contributed by atoms with Gasteiger partial charge in [-0.2, -0.15) is 0 Å². The molecular formula is C17H12ClFN2O3. The van der Waals surface area contributed by atoms with Crippen molar-refractivity contribution in [3.05, 3.63) is 52.6 Å². The van der Waals surface area contributed by atoms with Gasteiger partial charge in [-0.1, -0.05) is 17.7 Å². The molecule has 24 heavy (non-hydrogen) atoms. The molecule has 122 valence electrons. The first kappa shape index (κ1) is 16.1. The van der Waals surface area contributed by atoms with E-state index < -0.39 is 11.8 Å². The van der Waals surface area contributed by atoms with Gasteiger partial charge < -0.3 is 9.84 Å². The van der Waals surface area contributed by atoms with Crippen molar-refractivity contribution in [2.24, 2.45) is 0 Å². The second-order valence-corrected chi connectivity index (χ2v) is 5.50. The van der Waals surface area contributed by atoms with Crippen LogP contribution in [0.5, 0.6) is 5.75 Å². The van der Waals surface area contributed by atoms with Crippen LogP contribution in [0, 0.1) is 12.7 Å². The summed E-state index contributed by atoms with van der Waals surface area (Å²) in [5.41, 5.74) is 1.22. The molecule has 0 radical (unpaired) electrons. The Balaban J connectivity index is 2.43. The second-order valence-electron chi connectivity index (χ2n) is 5.12. The predicted molar refractivity (Wildman–Crippen MR) is 88.2 cm³/mol. The van der Waals surface area contributed by atoms with E-state index in [1.807, 2.05) is 0 Å². The lowest BCUT2D eigenvalue weighted by Gasteiger charge is -2.14. The van der Waals surface area contributed by atoms with E-state index in [1.165, 1.54) is 37.7 Å². The molecule has 2 aromatic carbocycles. The number of rotatable bonds is 3. The topological polar surface area (TPSA) is 72.3 Å². The van der Waals surface area contributed by atoms with Gasteiger partial charge in [0.1, 0.15) is 17.1 Å². The van der Waals surface area contributed by atoms with E-state index in [9.17, 15) is 14.3 Å². The van der Waals surface area contributed by atoms with Crippen LogP contribution in [0.3, 0.4) is 0 Å². The fourth-order valence-electron chi connectivity index (χ4n) is 2.56. The Morgan fingerprint density at radius 3 is 2.54 bits per heavy atom. The smallest absolute Gasteiger partial charge is 0.337 e. The number of methoxy groups -OCH3 is 1. The SMILES string of the molecule is COc1cc(C)c(F)c(-c2ccc(C(=O)O)c3nccnc23)c1Cl. The molecule has 0 saturated heterocycles. The van der Waals surface area contributed by atoms with Gasteiger partial charge in [-0.15, -0.1) is 0 Å². The highest BCUT2D eigenvalue weighted by molar-refractivity contribution is 6.35. The van der Waals surface area contributed by atoms with Gasteiger partial charge in [0, 0.05) is 23.5 Å². The van der Waals surface area contributed by atoms with Gasteiger partial charge in [0.25, 0.3) is 0 Å². The molecule has 0 atom stereocenters. The summed E-state index contributed by atoms with van der Waals surface area (Å²) in [5, 5.41) is 9.39. The van der Waals surface area contributed by atoms with Crippen LogP contribution in [-0.4, -0.2) is 28.2 Å². The quantitative estimate of drug-likeness (QED) is 0.772. The molecule has 0 amide bonds. The largest absolute Gasteiger partial charge is 0.495 e. The third-order valence-electron chi connectivity index (χ3n) is 3.69. The summed E-state index contributed by atoms with van der Waals surface area (Å²) in [7, 11) is 1.44. The number of carboxylic acid groups (broad SMARTS) is 1. The maximum absolute atomic E-state index is 14.7. The molecule has 5 nitrogen and oxygen atoms in total. The number of aromatic nitrogens is 2. The molecule has 3 aromatic rings. The average Bonchev–Trinajstić information content (AvgIpc) is 2.58. The maximum Gasteiger partial charge on any atom is 0.337 e. The number of carboxylic acids is 1. The molecule has 0 bridgehead atoms. The highest BCUT2D eigenvalue weighted by Gasteiger charge is 2.22. The molecule has 0 unspecified atom stereocenters. The molecule has 1 aromatic heterocycles. The summed E-state index contributed by atoms with van der Waals surface area (Å²) in [6.45, 7) is 1.59. The standard InChI is InChI=1S/C17H12ClFN2O3/c1-8-7-11(24-2)13(18)12(14(8)19)9-3-4-10(17(22)23)16-15(9)20-5-6-21-16/h3-7H,1-2H3,(H,22,23). The van der Waals surface area contributed by atoms with Crippen LogP contribution < -0.4 is 4.74 Å². The number of benzene rings is 2. The molecule has 0 aliphatic heterocycles. The summed E-state index contributed by atoms with van der Waals surface area (Å²) in [5.74, 6) is -1.33. The van der Waals surface area contributed by atoms with Gasteiger partial charge >= 0.3 is 5.97 Å². The lowest BCUT2D eigenvalue weighted by atomic mass is 9.98. The number of aryl methyl sites for hydroxylation is 1. The van der Waals surface area contributed by atoms with E-state index >= 15 is 0 Å². The molecule has 0 saturated carbocycles. The molecule has 0 fully saturated rings. The van der Waals surface area contributed by atoms with E-state index in [2.05, 4.69) is 9.97 Å². The fraction of sp³-hybridized carbons (Fsp3) is 0.118. The van der Waals surface area contributed by atoms with Gasteiger partial charge in [-0.3, -0.25) is 9.97 Å². The zero-order chi connectivity index (χ0) is 17.4. The van der Waals surface area contributed by atoms with E-state index in [4.69, 9.17) is 16.3 Å². The van der Waals surface area contributed by atoms with E-state index in [-0.39, 0.29) is 27.2 Å². The third kappa shape index (κ3) is 2.45. The summed E-state index contributed by atoms with van der Waals surface area (Å²) < 4.78 is 19.9. The first-order chi connectivity index (χ1) is 11.5. The van der Waals surface area contributed by atoms with Crippen molar-refractivity contribution in [2.45, 2.75) is 6.92 Å². The zero-order valence-corrected chi connectivity index (χ0v) is 13.6. The van der Waals surface area contributed by atoms with Gasteiger partial charge in [0.05, 0.1) is 23.2 Å². The Morgan fingerprint density at radius 2 is 1.92 bits per heavy atom. The molecule has 1 heterocycles. The average molecular weight is 347 g/mol. The highest BCUT2D eigenvalue weighted by Crippen LogP contribution is 2.41. The predicted octanol–water partition coefficient (Wildman–Crippen LogP) is 4.10. The number of aromatic carboxylic acids is 1. The van der Waals surface area contributed by atoms with Crippen LogP contribution in [0.15, 0.2) is 30.6 Å². The second kappa shape index (κ2) is 6.05. The van der Waals surface area contributed by atoms with Crippen molar-refractivity contribution >= 4 is 28.6 Å². The summed E-state index contributed by atoms with van der Waals surface area (Å²) in [6, 6.07) is 4.34. The van der Waals surface area contributed by atoms with Crippen molar-refractivity contribution in [1.82, 2.24) is 9.97 Å². The first-order valence-corrected chi connectivity index (χ1v) is 7.33. The zero-order valence-electron chi connectivity index (χ0n) is 12.8. The Kier molecular flexibility index (Phi) is 4.07. The normalized spacial score (nSPS) is 10.8. The highest BCUT2D eigenvalue weighted by atomic mass is 35.5. The number of ether oxygens (including phenoxy) is 1. The van der Waals surface area contributed by atoms with Gasteiger partial charge in [-0.25, -0.2) is 9.18 Å². The number of halogens is 2. The van der Waals surface area contributed by atoms with Crippen molar-refractivity contribution in [3.8, 4) is 16.9 Å². The third-order valence-corrected chi connectivity index (χ3v) is 4.07.